The zero-order valence-corrected chi connectivity index (χ0v) is 14.6. The van der Waals surface area contributed by atoms with Gasteiger partial charge in [-0.2, -0.15) is 0 Å². The Hall–Kier alpha value is -2.34. The van der Waals surface area contributed by atoms with Gasteiger partial charge >= 0.3 is 5.97 Å². The molecule has 2 aromatic rings. The second kappa shape index (κ2) is 7.49. The highest BCUT2D eigenvalue weighted by atomic mass is 16.5. The smallest absolute Gasteiger partial charge is 0.342 e. The van der Waals surface area contributed by atoms with E-state index >= 15 is 0 Å². The van der Waals surface area contributed by atoms with Crippen LogP contribution < -0.4 is 16.2 Å². The Balaban J connectivity index is 2.50. The van der Waals surface area contributed by atoms with Crippen molar-refractivity contribution in [2.75, 3.05) is 18.9 Å². The van der Waals surface area contributed by atoms with E-state index in [0.717, 1.165) is 0 Å². The van der Waals surface area contributed by atoms with Gasteiger partial charge in [-0.05, 0) is 31.9 Å². The van der Waals surface area contributed by atoms with E-state index in [2.05, 4.69) is 4.98 Å². The van der Waals surface area contributed by atoms with Gasteiger partial charge in [0.05, 0.1) is 28.9 Å². The first-order valence-corrected chi connectivity index (χ1v) is 8.11. The Morgan fingerprint density at radius 3 is 2.67 bits per heavy atom. The maximum Gasteiger partial charge on any atom is 0.342 e. The van der Waals surface area contributed by atoms with Crippen LogP contribution in [0.3, 0.4) is 0 Å². The Kier molecular flexibility index (Phi) is 5.62. The van der Waals surface area contributed by atoms with Crippen molar-refractivity contribution in [1.82, 2.24) is 4.98 Å². The van der Waals surface area contributed by atoms with Gasteiger partial charge < -0.3 is 20.9 Å². The van der Waals surface area contributed by atoms with Crippen molar-refractivity contribution in [2.24, 2.45) is 11.7 Å². The minimum atomic E-state index is -0.476. The van der Waals surface area contributed by atoms with Gasteiger partial charge in [0.2, 0.25) is 0 Å². The number of carbonyl (C=O) groups is 1. The molecule has 0 aliphatic carbocycles. The number of nitrogens with zero attached hydrogens (tertiary/aromatic N) is 1. The fourth-order valence-electron chi connectivity index (χ4n) is 2.40. The summed E-state index contributed by atoms with van der Waals surface area (Å²) in [5, 5.41) is 0.613. The summed E-state index contributed by atoms with van der Waals surface area (Å²) in [6, 6.07) is 5.39. The van der Waals surface area contributed by atoms with Gasteiger partial charge in [0, 0.05) is 6.04 Å². The van der Waals surface area contributed by atoms with Crippen molar-refractivity contribution in [1.29, 1.82) is 0 Å². The number of nitrogens with two attached hydrogens (primary N) is 2. The van der Waals surface area contributed by atoms with Crippen LogP contribution in [0.1, 0.15) is 36.8 Å². The molecule has 0 amide bonds. The molecule has 2 rings (SSSR count). The monoisotopic (exact) mass is 331 g/mol. The predicted octanol–water partition coefficient (Wildman–Crippen LogP) is 2.66. The highest BCUT2D eigenvalue weighted by molar-refractivity contribution is 6.07. The summed E-state index contributed by atoms with van der Waals surface area (Å²) < 4.78 is 10.9. The van der Waals surface area contributed by atoms with Crippen LogP contribution in [-0.4, -0.2) is 30.2 Å². The molecule has 0 aliphatic heterocycles. The quantitative estimate of drug-likeness (QED) is 0.789. The summed E-state index contributed by atoms with van der Waals surface area (Å²) in [5.41, 5.74) is 14.1. The number of aromatic nitrogens is 1. The topological polar surface area (TPSA) is 100 Å². The number of anilines is 1. The number of hydrogen-bond acceptors (Lipinski definition) is 6. The van der Waals surface area contributed by atoms with Crippen LogP contribution in [0.25, 0.3) is 10.9 Å². The normalized spacial score (nSPS) is 12.4. The molecule has 0 saturated carbocycles. The molecule has 6 heteroatoms. The first kappa shape index (κ1) is 18.0. The number of hydrogen-bond donors (Lipinski definition) is 2. The molecule has 130 valence electrons. The molecule has 1 atom stereocenters. The van der Waals surface area contributed by atoms with Crippen LogP contribution in [0.2, 0.25) is 0 Å². The molecule has 1 heterocycles. The molecule has 0 bridgehead atoms. The average molecular weight is 331 g/mol. The molecule has 4 N–H and O–H groups in total. The van der Waals surface area contributed by atoms with Crippen LogP contribution in [0, 0.1) is 12.8 Å². The molecule has 0 aliphatic rings. The highest BCUT2D eigenvalue weighted by Gasteiger charge is 2.21. The van der Waals surface area contributed by atoms with Gasteiger partial charge in [-0.3, -0.25) is 4.98 Å². The number of aryl methyl sites for hydroxylation is 1. The zero-order valence-electron chi connectivity index (χ0n) is 14.6. The highest BCUT2D eigenvalue weighted by Crippen LogP contribution is 2.33. The fourth-order valence-corrected chi connectivity index (χ4v) is 2.40. The van der Waals surface area contributed by atoms with E-state index in [0.29, 0.717) is 40.6 Å². The first-order valence-electron chi connectivity index (χ1n) is 8.11. The van der Waals surface area contributed by atoms with Crippen LogP contribution >= 0.6 is 0 Å². The van der Waals surface area contributed by atoms with E-state index in [9.17, 15) is 4.79 Å². The lowest BCUT2D eigenvalue weighted by atomic mass is 10.0. The third-order valence-corrected chi connectivity index (χ3v) is 3.96. The van der Waals surface area contributed by atoms with E-state index in [-0.39, 0.29) is 18.2 Å². The Bertz CT molecular complexity index is 744. The predicted molar refractivity (Wildman–Crippen MR) is 95.2 cm³/mol. The molecule has 1 aromatic heterocycles. The SMILES string of the molecule is CCOC(=O)c1c(C)nc2cccc(OCC(N)C(C)C)c2c1N. The lowest BCUT2D eigenvalue weighted by Gasteiger charge is -2.18. The minimum absolute atomic E-state index is 0.0931. The lowest BCUT2D eigenvalue weighted by Crippen LogP contribution is -2.33. The Morgan fingerprint density at radius 2 is 2.04 bits per heavy atom. The van der Waals surface area contributed by atoms with Gasteiger partial charge in [-0.25, -0.2) is 4.79 Å². The minimum Gasteiger partial charge on any atom is -0.491 e. The van der Waals surface area contributed by atoms with Gasteiger partial charge in [0.25, 0.3) is 0 Å². The maximum absolute atomic E-state index is 12.2. The lowest BCUT2D eigenvalue weighted by molar-refractivity contribution is 0.0526. The molecule has 1 unspecified atom stereocenters. The number of rotatable bonds is 6. The van der Waals surface area contributed by atoms with Crippen molar-refractivity contribution in [2.45, 2.75) is 33.7 Å². The van der Waals surface area contributed by atoms with Crippen molar-refractivity contribution < 1.29 is 14.3 Å². The van der Waals surface area contributed by atoms with Crippen molar-refractivity contribution in [3.05, 3.63) is 29.5 Å². The molecule has 0 radical (unpaired) electrons. The van der Waals surface area contributed by atoms with E-state index < -0.39 is 5.97 Å². The molecular weight excluding hydrogens is 306 g/mol. The third-order valence-electron chi connectivity index (χ3n) is 3.96. The summed E-state index contributed by atoms with van der Waals surface area (Å²) in [5.74, 6) is 0.391. The van der Waals surface area contributed by atoms with E-state index in [1.165, 1.54) is 0 Å². The second-order valence-electron chi connectivity index (χ2n) is 6.08. The number of carbonyl (C=O) groups excluding carboxylic acids is 1. The molecular formula is C18H25N3O3. The first-order chi connectivity index (χ1) is 11.4. The molecule has 0 fully saturated rings. The van der Waals surface area contributed by atoms with Crippen molar-refractivity contribution in [3.63, 3.8) is 0 Å². The van der Waals surface area contributed by atoms with Crippen molar-refractivity contribution in [3.8, 4) is 5.75 Å². The summed E-state index contributed by atoms with van der Waals surface area (Å²) in [4.78, 5) is 16.7. The molecule has 24 heavy (non-hydrogen) atoms. The fraction of sp³-hybridized carbons (Fsp3) is 0.444. The van der Waals surface area contributed by atoms with Gasteiger partial charge in [-0.1, -0.05) is 19.9 Å². The molecule has 0 spiro atoms. The standard InChI is InChI=1S/C18H25N3O3/c1-5-23-18(22)15-11(4)21-13-7-6-8-14(16(13)17(15)20)24-9-12(19)10(2)3/h6-8,10,12H,5,9,19H2,1-4H3,(H2,20,21). The molecule has 1 aromatic carbocycles. The van der Waals surface area contributed by atoms with Crippen LogP contribution in [0.15, 0.2) is 18.2 Å². The largest absolute Gasteiger partial charge is 0.491 e. The number of pyridine rings is 1. The van der Waals surface area contributed by atoms with E-state index in [4.69, 9.17) is 20.9 Å². The number of ether oxygens (including phenoxy) is 2. The Labute approximate surface area is 142 Å². The Morgan fingerprint density at radius 1 is 1.33 bits per heavy atom. The summed E-state index contributed by atoms with van der Waals surface area (Å²) in [6.45, 7) is 8.20. The van der Waals surface area contributed by atoms with Crippen LogP contribution in [-0.2, 0) is 4.74 Å². The number of esters is 1. The van der Waals surface area contributed by atoms with E-state index in [1.54, 1.807) is 19.9 Å². The van der Waals surface area contributed by atoms with Gasteiger partial charge in [0.15, 0.2) is 0 Å². The number of benzene rings is 1. The van der Waals surface area contributed by atoms with Crippen molar-refractivity contribution >= 4 is 22.6 Å². The zero-order chi connectivity index (χ0) is 17.9. The summed E-state index contributed by atoms with van der Waals surface area (Å²) >= 11 is 0. The second-order valence-corrected chi connectivity index (χ2v) is 6.08. The van der Waals surface area contributed by atoms with E-state index in [1.807, 2.05) is 26.0 Å². The van der Waals surface area contributed by atoms with Gasteiger partial charge in [-0.15, -0.1) is 0 Å². The summed E-state index contributed by atoms with van der Waals surface area (Å²) in [6.07, 6.45) is 0. The third kappa shape index (κ3) is 3.59. The summed E-state index contributed by atoms with van der Waals surface area (Å²) in [7, 11) is 0. The number of fused-ring (bicyclic) bond motifs is 1. The molecule has 6 nitrogen and oxygen atoms in total. The number of nitrogen functional groups attached to an aromatic ring is 1. The maximum atomic E-state index is 12.2. The van der Waals surface area contributed by atoms with Crippen LogP contribution in [0.4, 0.5) is 5.69 Å². The van der Waals surface area contributed by atoms with Crippen LogP contribution in [0.5, 0.6) is 5.75 Å². The molecule has 0 saturated heterocycles. The average Bonchev–Trinajstić information content (AvgIpc) is 2.52. The van der Waals surface area contributed by atoms with Gasteiger partial charge in [0.1, 0.15) is 17.9 Å².